The molecule has 0 aliphatic carbocycles. The molecule has 3 aromatic rings. The van der Waals surface area contributed by atoms with Crippen molar-refractivity contribution in [1.29, 1.82) is 0 Å². The zero-order valence-corrected chi connectivity index (χ0v) is 12.0. The number of H-pyrrole nitrogens is 1. The van der Waals surface area contributed by atoms with Gasteiger partial charge in [-0.1, -0.05) is 18.2 Å². The largest absolute Gasteiger partial charge is 0.494 e. The smallest absolute Gasteiger partial charge is 0.199 e. The summed E-state index contributed by atoms with van der Waals surface area (Å²) in [5.41, 5.74) is 11.2. The first-order valence-electron chi connectivity index (χ1n) is 6.95. The van der Waals surface area contributed by atoms with Gasteiger partial charge in [0.05, 0.1) is 17.0 Å². The van der Waals surface area contributed by atoms with Crippen molar-refractivity contribution in [3.8, 4) is 5.88 Å². The predicted octanol–water partition coefficient (Wildman–Crippen LogP) is 3.01. The Labute approximate surface area is 126 Å². The third kappa shape index (κ3) is 1.65. The molecule has 2 aromatic carbocycles. The van der Waals surface area contributed by atoms with Crippen molar-refractivity contribution in [2.75, 3.05) is 12.8 Å². The summed E-state index contributed by atoms with van der Waals surface area (Å²) in [4.78, 5) is 12.0. The molecule has 0 atom stereocenters. The van der Waals surface area contributed by atoms with Gasteiger partial charge in [0.15, 0.2) is 5.88 Å². The third-order valence-corrected chi connectivity index (χ3v) is 3.88. The summed E-state index contributed by atoms with van der Waals surface area (Å²) >= 11 is 0. The zero-order chi connectivity index (χ0) is 15.3. The van der Waals surface area contributed by atoms with Crippen LogP contribution in [0.15, 0.2) is 52.4 Å². The summed E-state index contributed by atoms with van der Waals surface area (Å²) in [6.45, 7) is 0. The number of anilines is 1. The minimum atomic E-state index is 0.0771. The van der Waals surface area contributed by atoms with Crippen LogP contribution in [0.1, 0.15) is 11.1 Å². The number of aromatic nitrogens is 1. The SMILES string of the molecule is CN=C1C(c2c(O)[nH]c3ccc(N)cc23)=Nc2ccccc21. The highest BCUT2D eigenvalue weighted by Crippen LogP contribution is 2.36. The standard InChI is InChI=1S/C17H14N4O/c1-19-15-10-4-2-3-5-12(10)20-16(15)14-11-8-9(18)6-7-13(11)21-17(14)22/h2-8,21-22H,18H2,1H3. The van der Waals surface area contributed by atoms with E-state index in [0.29, 0.717) is 17.0 Å². The van der Waals surface area contributed by atoms with E-state index < -0.39 is 0 Å². The lowest BCUT2D eigenvalue weighted by Gasteiger charge is -2.03. The molecule has 0 fully saturated rings. The molecule has 0 amide bonds. The van der Waals surface area contributed by atoms with Crippen LogP contribution in [0.4, 0.5) is 11.4 Å². The fourth-order valence-corrected chi connectivity index (χ4v) is 2.91. The van der Waals surface area contributed by atoms with Crippen LogP contribution >= 0.6 is 0 Å². The Morgan fingerprint density at radius 1 is 1.18 bits per heavy atom. The van der Waals surface area contributed by atoms with Crippen molar-refractivity contribution in [2.45, 2.75) is 0 Å². The molecule has 0 saturated heterocycles. The van der Waals surface area contributed by atoms with Gasteiger partial charge in [-0.05, 0) is 24.3 Å². The van der Waals surface area contributed by atoms with Crippen LogP contribution in [-0.2, 0) is 0 Å². The van der Waals surface area contributed by atoms with Crippen molar-refractivity contribution in [3.63, 3.8) is 0 Å². The summed E-state index contributed by atoms with van der Waals surface area (Å²) in [7, 11) is 1.73. The molecular weight excluding hydrogens is 276 g/mol. The van der Waals surface area contributed by atoms with Gasteiger partial charge in [0.1, 0.15) is 5.71 Å². The molecule has 0 radical (unpaired) electrons. The van der Waals surface area contributed by atoms with E-state index in [2.05, 4.69) is 15.0 Å². The summed E-state index contributed by atoms with van der Waals surface area (Å²) in [5.74, 6) is 0.0771. The number of fused-ring (bicyclic) bond motifs is 2. The van der Waals surface area contributed by atoms with Crippen LogP contribution in [0.5, 0.6) is 5.88 Å². The lowest BCUT2D eigenvalue weighted by molar-refractivity contribution is 0.457. The molecular formula is C17H14N4O. The fraction of sp³-hybridized carbons (Fsp3) is 0.0588. The molecule has 2 heterocycles. The van der Waals surface area contributed by atoms with E-state index in [1.54, 1.807) is 13.1 Å². The quantitative estimate of drug-likeness (QED) is 0.602. The maximum absolute atomic E-state index is 10.3. The van der Waals surface area contributed by atoms with E-state index in [1.165, 1.54) is 0 Å². The fourth-order valence-electron chi connectivity index (χ4n) is 2.91. The van der Waals surface area contributed by atoms with E-state index in [4.69, 9.17) is 5.73 Å². The molecule has 0 saturated carbocycles. The summed E-state index contributed by atoms with van der Waals surface area (Å²) in [5, 5.41) is 11.2. The number of aliphatic imine (C=N–C) groups is 2. The van der Waals surface area contributed by atoms with E-state index in [-0.39, 0.29) is 5.88 Å². The first-order chi connectivity index (χ1) is 10.7. The second-order valence-corrected chi connectivity index (χ2v) is 5.20. The second-order valence-electron chi connectivity index (χ2n) is 5.20. The van der Waals surface area contributed by atoms with Gasteiger partial charge in [-0.2, -0.15) is 0 Å². The number of nitrogens with zero attached hydrogens (tertiary/aromatic N) is 2. The number of aromatic hydroxyl groups is 1. The molecule has 4 N–H and O–H groups in total. The number of benzene rings is 2. The average molecular weight is 290 g/mol. The molecule has 1 aromatic heterocycles. The number of hydrogen-bond donors (Lipinski definition) is 3. The van der Waals surface area contributed by atoms with Crippen LogP contribution < -0.4 is 5.73 Å². The van der Waals surface area contributed by atoms with Crippen LogP contribution in [0.2, 0.25) is 0 Å². The molecule has 0 spiro atoms. The highest BCUT2D eigenvalue weighted by Gasteiger charge is 2.27. The maximum atomic E-state index is 10.3. The van der Waals surface area contributed by atoms with Crippen molar-refractivity contribution in [1.82, 2.24) is 4.98 Å². The van der Waals surface area contributed by atoms with Gasteiger partial charge in [-0.3, -0.25) is 4.99 Å². The van der Waals surface area contributed by atoms with Crippen molar-refractivity contribution >= 4 is 33.7 Å². The van der Waals surface area contributed by atoms with Gasteiger partial charge in [0.2, 0.25) is 0 Å². The molecule has 0 bridgehead atoms. The minimum Gasteiger partial charge on any atom is -0.494 e. The third-order valence-electron chi connectivity index (χ3n) is 3.88. The minimum absolute atomic E-state index is 0.0771. The van der Waals surface area contributed by atoms with Crippen molar-refractivity contribution in [2.24, 2.45) is 9.98 Å². The molecule has 5 heteroatoms. The number of nitrogens with one attached hydrogen (secondary N) is 1. The van der Waals surface area contributed by atoms with E-state index in [0.717, 1.165) is 27.9 Å². The summed E-state index contributed by atoms with van der Waals surface area (Å²) in [6, 6.07) is 13.3. The molecule has 108 valence electrons. The molecule has 0 unspecified atom stereocenters. The normalized spacial score (nSPS) is 15.3. The first-order valence-corrected chi connectivity index (χ1v) is 6.95. The number of hydrogen-bond acceptors (Lipinski definition) is 4. The Bertz CT molecular complexity index is 966. The van der Waals surface area contributed by atoms with Gasteiger partial charge in [-0.25, -0.2) is 4.99 Å². The van der Waals surface area contributed by atoms with Crippen molar-refractivity contribution < 1.29 is 5.11 Å². The highest BCUT2D eigenvalue weighted by molar-refractivity contribution is 6.58. The Balaban J connectivity index is 2.01. The van der Waals surface area contributed by atoms with Gasteiger partial charge < -0.3 is 15.8 Å². The number of para-hydroxylation sites is 1. The van der Waals surface area contributed by atoms with Crippen molar-refractivity contribution in [3.05, 3.63) is 53.6 Å². The average Bonchev–Trinajstić information content (AvgIpc) is 3.03. The monoisotopic (exact) mass is 290 g/mol. The Morgan fingerprint density at radius 3 is 2.82 bits per heavy atom. The first kappa shape index (κ1) is 12.6. The number of nitrogen functional groups attached to an aromatic ring is 1. The lowest BCUT2D eigenvalue weighted by Crippen LogP contribution is -2.12. The van der Waals surface area contributed by atoms with Crippen LogP contribution in [-0.4, -0.2) is 28.6 Å². The van der Waals surface area contributed by atoms with E-state index in [1.807, 2.05) is 36.4 Å². The molecule has 1 aliphatic rings. The number of rotatable bonds is 1. The lowest BCUT2D eigenvalue weighted by atomic mass is 10.0. The highest BCUT2D eigenvalue weighted by atomic mass is 16.3. The Morgan fingerprint density at radius 2 is 2.00 bits per heavy atom. The Hall–Kier alpha value is -3.08. The van der Waals surface area contributed by atoms with E-state index >= 15 is 0 Å². The zero-order valence-electron chi connectivity index (χ0n) is 12.0. The predicted molar refractivity (Wildman–Crippen MR) is 89.5 cm³/mol. The summed E-state index contributed by atoms with van der Waals surface area (Å²) in [6.07, 6.45) is 0. The Kier molecular flexibility index (Phi) is 2.56. The molecule has 22 heavy (non-hydrogen) atoms. The van der Waals surface area contributed by atoms with Gasteiger partial charge in [-0.15, -0.1) is 0 Å². The molecule has 1 aliphatic heterocycles. The number of aromatic amines is 1. The van der Waals surface area contributed by atoms with Crippen LogP contribution in [0.25, 0.3) is 10.9 Å². The van der Waals surface area contributed by atoms with Gasteiger partial charge in [0.25, 0.3) is 0 Å². The van der Waals surface area contributed by atoms with Crippen LogP contribution in [0.3, 0.4) is 0 Å². The van der Waals surface area contributed by atoms with Gasteiger partial charge in [0, 0.05) is 29.2 Å². The number of nitrogens with two attached hydrogens (primary N) is 1. The van der Waals surface area contributed by atoms with Crippen LogP contribution in [0, 0.1) is 0 Å². The molecule has 4 rings (SSSR count). The van der Waals surface area contributed by atoms with Gasteiger partial charge >= 0.3 is 0 Å². The maximum Gasteiger partial charge on any atom is 0.199 e. The molecule has 5 nitrogen and oxygen atoms in total. The summed E-state index contributed by atoms with van der Waals surface area (Å²) < 4.78 is 0. The topological polar surface area (TPSA) is 86.8 Å². The second kappa shape index (κ2) is 4.46. The van der Waals surface area contributed by atoms with E-state index in [9.17, 15) is 5.11 Å².